The van der Waals surface area contributed by atoms with Gasteiger partial charge in [-0.15, -0.1) is 24.0 Å². The van der Waals surface area contributed by atoms with Gasteiger partial charge in [-0.1, -0.05) is 36.7 Å². The Morgan fingerprint density at radius 2 is 1.96 bits per heavy atom. The van der Waals surface area contributed by atoms with E-state index >= 15 is 0 Å². The van der Waals surface area contributed by atoms with E-state index in [0.717, 1.165) is 49.0 Å². The smallest absolute Gasteiger partial charge is 0.191 e. The summed E-state index contributed by atoms with van der Waals surface area (Å²) < 4.78 is 0. The molecule has 3 rings (SSSR count). The summed E-state index contributed by atoms with van der Waals surface area (Å²) in [7, 11) is 1.86. The average Bonchev–Trinajstić information content (AvgIpc) is 3.29. The lowest BCUT2D eigenvalue weighted by molar-refractivity contribution is 0.178. The van der Waals surface area contributed by atoms with Crippen LogP contribution in [0, 0.1) is 11.8 Å². The van der Waals surface area contributed by atoms with Gasteiger partial charge in [-0.2, -0.15) is 0 Å². The van der Waals surface area contributed by atoms with E-state index in [1.165, 1.54) is 24.8 Å². The van der Waals surface area contributed by atoms with Gasteiger partial charge in [0.05, 0.1) is 0 Å². The molecule has 1 heterocycles. The Morgan fingerprint density at radius 3 is 2.56 bits per heavy atom. The number of halogens is 2. The van der Waals surface area contributed by atoms with Gasteiger partial charge in [-0.25, -0.2) is 0 Å². The molecule has 1 aromatic carbocycles. The summed E-state index contributed by atoms with van der Waals surface area (Å²) in [5.74, 6) is 2.47. The molecule has 1 aromatic rings. The van der Waals surface area contributed by atoms with E-state index in [4.69, 9.17) is 11.6 Å². The van der Waals surface area contributed by atoms with Crippen LogP contribution in [0.25, 0.3) is 0 Å². The second-order valence-corrected chi connectivity index (χ2v) is 7.64. The van der Waals surface area contributed by atoms with Gasteiger partial charge in [-0.3, -0.25) is 9.89 Å². The summed E-state index contributed by atoms with van der Waals surface area (Å²) in [6.07, 6.45) is 3.73. The van der Waals surface area contributed by atoms with Crippen LogP contribution in [0.5, 0.6) is 0 Å². The monoisotopic (exact) mass is 476 g/mol. The molecule has 2 unspecified atom stereocenters. The Labute approximate surface area is 173 Å². The summed E-state index contributed by atoms with van der Waals surface area (Å²) in [6.45, 7) is 6.54. The lowest BCUT2D eigenvalue weighted by atomic mass is 9.96. The van der Waals surface area contributed by atoms with Crippen LogP contribution >= 0.6 is 35.6 Å². The molecule has 140 valence electrons. The first-order valence-electron chi connectivity index (χ1n) is 9.08. The van der Waals surface area contributed by atoms with Crippen molar-refractivity contribution in [3.63, 3.8) is 0 Å². The molecule has 0 spiro atoms. The Kier molecular flexibility index (Phi) is 8.29. The third-order valence-electron chi connectivity index (χ3n) is 5.27. The van der Waals surface area contributed by atoms with E-state index in [0.29, 0.717) is 6.04 Å². The molecule has 1 aliphatic heterocycles. The van der Waals surface area contributed by atoms with Crippen LogP contribution in [-0.2, 0) is 6.54 Å². The molecule has 0 amide bonds. The fraction of sp³-hybridized carbons (Fsp3) is 0.632. The first-order valence-corrected chi connectivity index (χ1v) is 9.46. The lowest BCUT2D eigenvalue weighted by Gasteiger charge is -2.32. The van der Waals surface area contributed by atoms with Crippen molar-refractivity contribution in [1.29, 1.82) is 0 Å². The minimum Gasteiger partial charge on any atom is -0.356 e. The van der Waals surface area contributed by atoms with Crippen LogP contribution in [0.2, 0.25) is 5.02 Å². The third-order valence-corrected chi connectivity index (χ3v) is 5.64. The highest BCUT2D eigenvalue weighted by Crippen LogP contribution is 2.28. The molecule has 0 radical (unpaired) electrons. The highest BCUT2D eigenvalue weighted by molar-refractivity contribution is 14.0. The number of piperidine rings is 1. The molecular formula is C19H30ClIN4. The van der Waals surface area contributed by atoms with E-state index < -0.39 is 0 Å². The molecule has 2 N–H and O–H groups in total. The molecule has 1 saturated heterocycles. The normalized spacial score (nSPS) is 24.5. The van der Waals surface area contributed by atoms with Crippen LogP contribution in [0.1, 0.15) is 31.7 Å². The van der Waals surface area contributed by atoms with Gasteiger partial charge < -0.3 is 10.6 Å². The average molecular weight is 477 g/mol. The standard InChI is InChI=1S/C19H29ClN4.HI/c1-14-11-18(14)23-19(21-2)22-12-15-7-9-24(10-8-15)13-16-5-3-4-6-17(16)20;/h3-6,14-15,18H,7-13H2,1-2H3,(H2,21,22,23);1H. The second kappa shape index (κ2) is 9.97. The van der Waals surface area contributed by atoms with Gasteiger partial charge >= 0.3 is 0 Å². The maximum atomic E-state index is 6.27. The van der Waals surface area contributed by atoms with E-state index in [1.807, 2.05) is 19.2 Å². The summed E-state index contributed by atoms with van der Waals surface area (Å²) in [4.78, 5) is 6.85. The Balaban J connectivity index is 0.00000225. The number of nitrogens with zero attached hydrogens (tertiary/aromatic N) is 2. The van der Waals surface area contributed by atoms with Crippen LogP contribution in [0.15, 0.2) is 29.3 Å². The van der Waals surface area contributed by atoms with Gasteiger partial charge in [-0.05, 0) is 55.8 Å². The second-order valence-electron chi connectivity index (χ2n) is 7.23. The van der Waals surface area contributed by atoms with Crippen LogP contribution in [0.3, 0.4) is 0 Å². The minimum absolute atomic E-state index is 0. The summed E-state index contributed by atoms with van der Waals surface area (Å²) in [6, 6.07) is 8.79. The highest BCUT2D eigenvalue weighted by atomic mass is 127. The van der Waals surface area contributed by atoms with Crippen molar-refractivity contribution >= 4 is 41.5 Å². The topological polar surface area (TPSA) is 39.7 Å². The molecular weight excluding hydrogens is 447 g/mol. The molecule has 1 saturated carbocycles. The van der Waals surface area contributed by atoms with Crippen molar-refractivity contribution < 1.29 is 0 Å². The summed E-state index contributed by atoms with van der Waals surface area (Å²) in [5.41, 5.74) is 1.24. The number of benzene rings is 1. The van der Waals surface area contributed by atoms with E-state index in [2.05, 4.69) is 39.6 Å². The van der Waals surface area contributed by atoms with Gasteiger partial charge in [0.25, 0.3) is 0 Å². The van der Waals surface area contributed by atoms with E-state index in [-0.39, 0.29) is 24.0 Å². The zero-order valence-corrected chi connectivity index (χ0v) is 18.3. The van der Waals surface area contributed by atoms with Gasteiger partial charge in [0, 0.05) is 31.2 Å². The fourth-order valence-electron chi connectivity index (χ4n) is 3.35. The zero-order valence-electron chi connectivity index (χ0n) is 15.2. The molecule has 2 atom stereocenters. The first kappa shape index (κ1) is 20.8. The number of guanidine groups is 1. The molecule has 2 fully saturated rings. The van der Waals surface area contributed by atoms with Crippen molar-refractivity contribution in [3.05, 3.63) is 34.9 Å². The minimum atomic E-state index is 0. The quantitative estimate of drug-likeness (QED) is 0.386. The molecule has 0 bridgehead atoms. The molecule has 1 aliphatic carbocycles. The van der Waals surface area contributed by atoms with Crippen molar-refractivity contribution in [1.82, 2.24) is 15.5 Å². The van der Waals surface area contributed by atoms with Crippen molar-refractivity contribution in [2.75, 3.05) is 26.7 Å². The van der Waals surface area contributed by atoms with Gasteiger partial charge in [0.15, 0.2) is 5.96 Å². The first-order chi connectivity index (χ1) is 11.7. The summed E-state index contributed by atoms with van der Waals surface area (Å²) in [5, 5.41) is 7.88. The van der Waals surface area contributed by atoms with Crippen molar-refractivity contribution in [3.8, 4) is 0 Å². The fourth-order valence-corrected chi connectivity index (χ4v) is 3.55. The predicted octanol–water partition coefficient (Wildman–Crippen LogP) is 3.74. The lowest BCUT2D eigenvalue weighted by Crippen LogP contribution is -2.43. The van der Waals surface area contributed by atoms with Crippen LogP contribution < -0.4 is 10.6 Å². The Morgan fingerprint density at radius 1 is 1.28 bits per heavy atom. The van der Waals surface area contributed by atoms with Crippen molar-refractivity contribution in [2.24, 2.45) is 16.8 Å². The number of aliphatic imine (C=N–C) groups is 1. The van der Waals surface area contributed by atoms with E-state index in [9.17, 15) is 0 Å². The number of nitrogens with one attached hydrogen (secondary N) is 2. The number of likely N-dealkylation sites (tertiary alicyclic amines) is 1. The highest BCUT2D eigenvalue weighted by Gasteiger charge is 2.33. The Hall–Kier alpha value is -0.530. The van der Waals surface area contributed by atoms with E-state index in [1.54, 1.807) is 0 Å². The molecule has 6 heteroatoms. The molecule has 0 aromatic heterocycles. The number of rotatable bonds is 5. The SMILES string of the molecule is CN=C(NCC1CCN(Cc2ccccc2Cl)CC1)NC1CC1C.I. The van der Waals surface area contributed by atoms with Gasteiger partial charge in [0.2, 0.25) is 0 Å². The maximum Gasteiger partial charge on any atom is 0.191 e. The third kappa shape index (κ3) is 6.29. The predicted molar refractivity (Wildman–Crippen MR) is 117 cm³/mol. The zero-order chi connectivity index (χ0) is 16.9. The maximum absolute atomic E-state index is 6.27. The Bertz CT molecular complexity index is 572. The molecule has 25 heavy (non-hydrogen) atoms. The van der Waals surface area contributed by atoms with Gasteiger partial charge in [0.1, 0.15) is 0 Å². The largest absolute Gasteiger partial charge is 0.356 e. The summed E-state index contributed by atoms with van der Waals surface area (Å²) >= 11 is 6.27. The number of hydrogen-bond donors (Lipinski definition) is 2. The van der Waals surface area contributed by atoms with Crippen LogP contribution in [0.4, 0.5) is 0 Å². The molecule has 2 aliphatic rings. The van der Waals surface area contributed by atoms with Crippen LogP contribution in [-0.4, -0.2) is 43.6 Å². The van der Waals surface area contributed by atoms with Crippen molar-refractivity contribution in [2.45, 2.75) is 38.8 Å². The number of hydrogen-bond acceptors (Lipinski definition) is 2. The molecule has 4 nitrogen and oxygen atoms in total.